The van der Waals surface area contributed by atoms with Crippen LogP contribution in [0.2, 0.25) is 0 Å². The topological polar surface area (TPSA) is 52.6 Å². The maximum Gasteiger partial charge on any atom is 0.324 e. The van der Waals surface area contributed by atoms with Crippen LogP contribution in [0.15, 0.2) is 30.3 Å². The summed E-state index contributed by atoms with van der Waals surface area (Å²) in [4.78, 5) is 28.0. The second-order valence-corrected chi connectivity index (χ2v) is 17.7. The number of hydrogen-bond acceptors (Lipinski definition) is 4. The molecule has 4 heteroatoms. The summed E-state index contributed by atoms with van der Waals surface area (Å²) >= 11 is 0. The number of carbonyl (C=O) groups is 2. The van der Waals surface area contributed by atoms with Crippen molar-refractivity contribution in [3.63, 3.8) is 0 Å². The van der Waals surface area contributed by atoms with Crippen molar-refractivity contribution < 1.29 is 19.1 Å². The minimum absolute atomic E-state index is 0.319. The van der Waals surface area contributed by atoms with E-state index < -0.39 is 23.0 Å². The van der Waals surface area contributed by atoms with Crippen molar-refractivity contribution in [3.05, 3.63) is 35.9 Å². The Labute approximate surface area is 336 Å². The molecule has 0 aliphatic carbocycles. The van der Waals surface area contributed by atoms with Gasteiger partial charge in [-0.15, -0.1) is 0 Å². The van der Waals surface area contributed by atoms with E-state index in [1.165, 1.54) is 173 Å². The normalized spacial score (nSPS) is 12.8. The van der Waals surface area contributed by atoms with Gasteiger partial charge in [-0.3, -0.25) is 9.59 Å². The highest BCUT2D eigenvalue weighted by Crippen LogP contribution is 2.35. The third-order valence-corrected chi connectivity index (χ3v) is 11.2. The van der Waals surface area contributed by atoms with Gasteiger partial charge < -0.3 is 9.47 Å². The molecule has 0 saturated carbocycles. The van der Waals surface area contributed by atoms with E-state index in [4.69, 9.17) is 9.47 Å². The van der Waals surface area contributed by atoms with E-state index in [2.05, 4.69) is 13.8 Å². The minimum Gasteiger partial charge on any atom is -0.465 e. The molecular formula is C50H90O4. The van der Waals surface area contributed by atoms with Gasteiger partial charge in [0.2, 0.25) is 0 Å². The zero-order chi connectivity index (χ0) is 39.4. The monoisotopic (exact) mass is 755 g/mol. The Morgan fingerprint density at radius 2 is 0.778 bits per heavy atom. The molecule has 314 valence electrons. The van der Waals surface area contributed by atoms with E-state index >= 15 is 0 Å². The van der Waals surface area contributed by atoms with Gasteiger partial charge in [-0.1, -0.05) is 243 Å². The summed E-state index contributed by atoms with van der Waals surface area (Å²) in [7, 11) is 0. The lowest BCUT2D eigenvalue weighted by Crippen LogP contribution is -2.46. The van der Waals surface area contributed by atoms with Crippen LogP contribution < -0.4 is 0 Å². The fourth-order valence-corrected chi connectivity index (χ4v) is 7.77. The number of benzene rings is 1. The number of carbonyl (C=O) groups excluding carboxylic acids is 2. The third kappa shape index (κ3) is 27.7. The van der Waals surface area contributed by atoms with Gasteiger partial charge in [0.15, 0.2) is 5.41 Å². The van der Waals surface area contributed by atoms with Gasteiger partial charge in [0.1, 0.15) is 5.60 Å². The van der Waals surface area contributed by atoms with Crippen LogP contribution in [-0.4, -0.2) is 24.1 Å². The van der Waals surface area contributed by atoms with Crippen molar-refractivity contribution in [2.45, 2.75) is 259 Å². The highest BCUT2D eigenvalue weighted by atomic mass is 16.6. The molecule has 0 amide bonds. The Morgan fingerprint density at radius 3 is 1.13 bits per heavy atom. The van der Waals surface area contributed by atoms with E-state index in [1.54, 1.807) is 0 Å². The Bertz CT molecular complexity index is 982. The summed E-state index contributed by atoms with van der Waals surface area (Å²) in [5.41, 5.74) is -1.03. The van der Waals surface area contributed by atoms with Crippen molar-refractivity contribution in [3.8, 4) is 0 Å². The SMILES string of the molecule is CCCCCCCCCCCCCCCCCCOC(=O)C(CCCCCCCCCCCCCCCCCC)(Cc1ccccc1)C(=O)OC(C)(C)C. The van der Waals surface area contributed by atoms with Gasteiger partial charge in [0.05, 0.1) is 6.61 Å². The zero-order valence-electron chi connectivity index (χ0n) is 36.8. The zero-order valence-corrected chi connectivity index (χ0v) is 36.8. The van der Waals surface area contributed by atoms with Crippen LogP contribution in [0.1, 0.15) is 252 Å². The van der Waals surface area contributed by atoms with Crippen LogP contribution in [0.25, 0.3) is 0 Å². The van der Waals surface area contributed by atoms with Gasteiger partial charge in [0.25, 0.3) is 0 Å². The van der Waals surface area contributed by atoms with Crippen LogP contribution in [0.5, 0.6) is 0 Å². The van der Waals surface area contributed by atoms with Crippen molar-refractivity contribution in [2.75, 3.05) is 6.61 Å². The molecule has 0 heterocycles. The van der Waals surface area contributed by atoms with Crippen molar-refractivity contribution in [2.24, 2.45) is 5.41 Å². The first-order valence-corrected chi connectivity index (χ1v) is 23.7. The molecule has 0 aliphatic rings. The summed E-state index contributed by atoms with van der Waals surface area (Å²) in [6, 6.07) is 9.95. The van der Waals surface area contributed by atoms with E-state index in [1.807, 2.05) is 51.1 Å². The second-order valence-electron chi connectivity index (χ2n) is 17.7. The molecule has 0 spiro atoms. The first kappa shape index (κ1) is 50.2. The fourth-order valence-electron chi connectivity index (χ4n) is 7.77. The average Bonchev–Trinajstić information content (AvgIpc) is 3.15. The van der Waals surface area contributed by atoms with Crippen molar-refractivity contribution in [1.29, 1.82) is 0 Å². The summed E-state index contributed by atoms with van der Waals surface area (Å²) in [5.74, 6) is -0.834. The standard InChI is InChI=1S/C50H90O4/c1-6-8-10-12-14-16-18-20-22-24-26-28-30-32-34-39-43-50(48(52)54-49(3,4)5,45-46-41-37-36-38-42-46)47(51)53-44-40-35-33-31-29-27-25-23-21-19-17-15-13-11-9-7-2/h36-38,41-42H,6-35,39-40,43-45H2,1-5H3. The molecular weight excluding hydrogens is 665 g/mol. The summed E-state index contributed by atoms with van der Waals surface area (Å²) < 4.78 is 11.9. The number of esters is 2. The van der Waals surface area contributed by atoms with Gasteiger partial charge in [-0.2, -0.15) is 0 Å². The maximum absolute atomic E-state index is 14.0. The molecule has 1 aromatic carbocycles. The fraction of sp³-hybridized carbons (Fsp3) is 0.840. The smallest absolute Gasteiger partial charge is 0.324 e. The predicted octanol–water partition coefficient (Wildman–Crippen LogP) is 16.0. The van der Waals surface area contributed by atoms with Crippen LogP contribution in [-0.2, 0) is 25.5 Å². The van der Waals surface area contributed by atoms with Crippen LogP contribution >= 0.6 is 0 Å². The maximum atomic E-state index is 14.0. The number of rotatable bonds is 38. The quantitative estimate of drug-likeness (QED) is 0.0383. The molecule has 1 aromatic rings. The van der Waals surface area contributed by atoms with E-state index in [9.17, 15) is 9.59 Å². The lowest BCUT2D eigenvalue weighted by Gasteiger charge is -2.33. The minimum atomic E-state index is -1.32. The second kappa shape index (κ2) is 34.4. The van der Waals surface area contributed by atoms with Gasteiger partial charge in [-0.05, 0) is 45.6 Å². The average molecular weight is 755 g/mol. The number of unbranched alkanes of at least 4 members (excludes halogenated alkanes) is 30. The van der Waals surface area contributed by atoms with Crippen molar-refractivity contribution in [1.82, 2.24) is 0 Å². The molecule has 0 bridgehead atoms. The summed E-state index contributed by atoms with van der Waals surface area (Å²) in [6.07, 6.45) is 42.4. The highest BCUT2D eigenvalue weighted by molar-refractivity contribution is 6.00. The van der Waals surface area contributed by atoms with Gasteiger partial charge >= 0.3 is 11.9 Å². The molecule has 0 aliphatic heterocycles. The lowest BCUT2D eigenvalue weighted by atomic mass is 9.76. The molecule has 0 fully saturated rings. The molecule has 0 radical (unpaired) electrons. The van der Waals surface area contributed by atoms with E-state index in [0.717, 1.165) is 37.7 Å². The Hall–Kier alpha value is -1.84. The molecule has 0 saturated heterocycles. The molecule has 0 aromatic heterocycles. The van der Waals surface area contributed by atoms with Crippen molar-refractivity contribution >= 4 is 11.9 Å². The third-order valence-electron chi connectivity index (χ3n) is 11.2. The number of hydrogen-bond donors (Lipinski definition) is 0. The van der Waals surface area contributed by atoms with E-state index in [-0.39, 0.29) is 0 Å². The highest BCUT2D eigenvalue weighted by Gasteiger charge is 2.49. The summed E-state index contributed by atoms with van der Waals surface area (Å²) in [6.45, 7) is 10.6. The Morgan fingerprint density at radius 1 is 0.444 bits per heavy atom. The van der Waals surface area contributed by atoms with Crippen LogP contribution in [0.4, 0.5) is 0 Å². The first-order chi connectivity index (χ1) is 26.2. The van der Waals surface area contributed by atoms with E-state index in [0.29, 0.717) is 19.4 Å². The Kier molecular flexibility index (Phi) is 32.0. The van der Waals surface area contributed by atoms with Crippen LogP contribution in [0.3, 0.4) is 0 Å². The largest absolute Gasteiger partial charge is 0.465 e. The van der Waals surface area contributed by atoms with Crippen LogP contribution in [0, 0.1) is 5.41 Å². The Balaban J connectivity index is 2.46. The molecule has 0 N–H and O–H groups in total. The molecule has 1 atom stereocenters. The molecule has 1 unspecified atom stereocenters. The summed E-state index contributed by atoms with van der Waals surface area (Å²) in [5, 5.41) is 0. The molecule has 4 nitrogen and oxygen atoms in total. The molecule has 54 heavy (non-hydrogen) atoms. The first-order valence-electron chi connectivity index (χ1n) is 23.7. The predicted molar refractivity (Wildman–Crippen MR) is 233 cm³/mol. The molecule has 1 rings (SSSR count). The lowest BCUT2D eigenvalue weighted by molar-refractivity contribution is -0.180. The van der Waals surface area contributed by atoms with Gasteiger partial charge in [-0.25, -0.2) is 0 Å². The number of ether oxygens (including phenoxy) is 2. The van der Waals surface area contributed by atoms with Gasteiger partial charge in [0, 0.05) is 0 Å².